The first-order valence-corrected chi connectivity index (χ1v) is 11.2. The van der Waals surface area contributed by atoms with Crippen LogP contribution in [0.4, 0.5) is 5.69 Å². The summed E-state index contributed by atoms with van der Waals surface area (Å²) in [5, 5.41) is 5.13. The van der Waals surface area contributed by atoms with Crippen LogP contribution >= 0.6 is 11.6 Å². The van der Waals surface area contributed by atoms with Gasteiger partial charge in [0, 0.05) is 10.4 Å². The number of benzene rings is 3. The first-order chi connectivity index (χ1) is 13.8. The number of ether oxygens (including phenoxy) is 1. The molecule has 3 aromatic carbocycles. The van der Waals surface area contributed by atoms with Crippen molar-refractivity contribution in [2.24, 2.45) is 0 Å². The van der Waals surface area contributed by atoms with E-state index in [0.717, 1.165) is 27.1 Å². The molecule has 0 aliphatic heterocycles. The highest BCUT2D eigenvalue weighted by molar-refractivity contribution is 7.92. The topological polar surface area (TPSA) is 75.7 Å². The fourth-order valence-corrected chi connectivity index (χ4v) is 3.92. The number of nitrogens with one attached hydrogen (secondary N) is 1. The summed E-state index contributed by atoms with van der Waals surface area (Å²) in [6, 6.07) is 20.0. The van der Waals surface area contributed by atoms with Crippen molar-refractivity contribution in [1.29, 1.82) is 0 Å². The average Bonchev–Trinajstić information content (AvgIpc) is 2.68. The Morgan fingerprint density at radius 2 is 1.79 bits per heavy atom. The van der Waals surface area contributed by atoms with E-state index >= 15 is 0 Å². The maximum atomic E-state index is 12.3. The molecule has 0 unspecified atom stereocenters. The number of hydrogen-bond donors (Lipinski definition) is 1. The summed E-state index contributed by atoms with van der Waals surface area (Å²) in [6.45, 7) is 0.165. The Morgan fingerprint density at radius 1 is 1.07 bits per heavy atom. The smallest absolute Gasteiger partial charge is 0.240 e. The number of rotatable bonds is 8. The molecular weight excluding hydrogens is 412 g/mol. The lowest BCUT2D eigenvalue weighted by atomic mass is 10.1. The summed E-state index contributed by atoms with van der Waals surface area (Å²) in [5.74, 6) is 0.297. The highest BCUT2D eigenvalue weighted by atomic mass is 35.5. The number of anilines is 1. The first kappa shape index (κ1) is 21.0. The van der Waals surface area contributed by atoms with Crippen molar-refractivity contribution in [2.75, 3.05) is 30.3 Å². The fourth-order valence-electron chi connectivity index (χ4n) is 2.89. The summed E-state index contributed by atoms with van der Waals surface area (Å²) in [6.07, 6.45) is 1.05. The van der Waals surface area contributed by atoms with Crippen LogP contribution < -0.4 is 14.4 Å². The van der Waals surface area contributed by atoms with Gasteiger partial charge < -0.3 is 10.1 Å². The number of hydrogen-bond acceptors (Lipinski definition) is 4. The molecule has 0 bridgehead atoms. The van der Waals surface area contributed by atoms with Crippen LogP contribution in [0.2, 0.25) is 5.02 Å². The average molecular weight is 433 g/mol. The third kappa shape index (κ3) is 5.62. The van der Waals surface area contributed by atoms with Crippen LogP contribution in [0.3, 0.4) is 0 Å². The van der Waals surface area contributed by atoms with Gasteiger partial charge in [0.1, 0.15) is 18.9 Å². The number of amides is 1. The van der Waals surface area contributed by atoms with Crippen LogP contribution in [0.1, 0.15) is 0 Å². The van der Waals surface area contributed by atoms with Crippen LogP contribution in [0.5, 0.6) is 5.75 Å². The normalized spacial score (nSPS) is 11.2. The van der Waals surface area contributed by atoms with E-state index in [1.54, 1.807) is 18.2 Å². The fraction of sp³-hybridized carbons (Fsp3) is 0.190. The molecular formula is C21H21ClN2O4S. The molecule has 6 nitrogen and oxygen atoms in total. The van der Waals surface area contributed by atoms with Crippen molar-refractivity contribution < 1.29 is 17.9 Å². The van der Waals surface area contributed by atoms with Gasteiger partial charge in [-0.1, -0.05) is 54.1 Å². The molecule has 0 aliphatic carbocycles. The number of nitrogens with zero attached hydrogens (tertiary/aromatic N) is 1. The van der Waals surface area contributed by atoms with Crippen molar-refractivity contribution in [2.45, 2.75) is 0 Å². The molecule has 3 aromatic rings. The Bertz CT molecular complexity index is 1110. The Balaban J connectivity index is 1.57. The third-order valence-corrected chi connectivity index (χ3v) is 5.59. The van der Waals surface area contributed by atoms with E-state index in [4.69, 9.17) is 16.3 Å². The zero-order chi connectivity index (χ0) is 20.9. The molecule has 0 aromatic heterocycles. The summed E-state index contributed by atoms with van der Waals surface area (Å²) < 4.78 is 31.0. The van der Waals surface area contributed by atoms with Crippen molar-refractivity contribution in [3.8, 4) is 5.75 Å². The third-order valence-electron chi connectivity index (χ3n) is 4.22. The van der Waals surface area contributed by atoms with Crippen LogP contribution in [-0.4, -0.2) is 40.3 Å². The minimum Gasteiger partial charge on any atom is -0.491 e. The first-order valence-electron chi connectivity index (χ1n) is 8.95. The minimum atomic E-state index is -3.65. The lowest BCUT2D eigenvalue weighted by Crippen LogP contribution is -2.41. The molecule has 1 N–H and O–H groups in total. The van der Waals surface area contributed by atoms with Crippen molar-refractivity contribution in [3.63, 3.8) is 0 Å². The molecule has 0 heterocycles. The molecule has 29 heavy (non-hydrogen) atoms. The highest BCUT2D eigenvalue weighted by Gasteiger charge is 2.20. The zero-order valence-electron chi connectivity index (χ0n) is 15.8. The van der Waals surface area contributed by atoms with Gasteiger partial charge in [-0.3, -0.25) is 9.10 Å². The predicted octanol–water partition coefficient (Wildman–Crippen LogP) is 3.45. The summed E-state index contributed by atoms with van der Waals surface area (Å²) in [4.78, 5) is 12.3. The van der Waals surface area contributed by atoms with E-state index < -0.39 is 15.9 Å². The molecule has 152 valence electrons. The van der Waals surface area contributed by atoms with E-state index in [1.165, 1.54) is 6.07 Å². The second kappa shape index (κ2) is 9.15. The molecule has 8 heteroatoms. The number of halogens is 1. The van der Waals surface area contributed by atoms with E-state index in [9.17, 15) is 13.2 Å². The van der Waals surface area contributed by atoms with E-state index in [-0.39, 0.29) is 19.7 Å². The predicted molar refractivity (Wildman–Crippen MR) is 116 cm³/mol. The Morgan fingerprint density at radius 3 is 2.55 bits per heavy atom. The Hall–Kier alpha value is -2.77. The molecule has 0 spiro atoms. The molecule has 0 saturated heterocycles. The van der Waals surface area contributed by atoms with Gasteiger partial charge in [-0.05, 0) is 29.7 Å². The summed E-state index contributed by atoms with van der Waals surface area (Å²) in [7, 11) is -3.65. The van der Waals surface area contributed by atoms with Gasteiger partial charge in [-0.15, -0.1) is 0 Å². The van der Waals surface area contributed by atoms with Crippen LogP contribution in [-0.2, 0) is 14.8 Å². The maximum absolute atomic E-state index is 12.3. The maximum Gasteiger partial charge on any atom is 0.240 e. The molecule has 0 fully saturated rings. The van der Waals surface area contributed by atoms with Gasteiger partial charge in [-0.25, -0.2) is 8.42 Å². The lowest BCUT2D eigenvalue weighted by molar-refractivity contribution is -0.119. The van der Waals surface area contributed by atoms with Crippen LogP contribution in [0.25, 0.3) is 10.8 Å². The molecule has 3 rings (SSSR count). The van der Waals surface area contributed by atoms with Gasteiger partial charge in [0.15, 0.2) is 0 Å². The summed E-state index contributed by atoms with van der Waals surface area (Å²) in [5.41, 5.74) is 0.335. The largest absolute Gasteiger partial charge is 0.491 e. The Kier molecular flexibility index (Phi) is 6.61. The number of carbonyl (C=O) groups excluding carboxylic acids is 1. The molecule has 0 aliphatic rings. The molecule has 0 saturated carbocycles. The van der Waals surface area contributed by atoms with Gasteiger partial charge >= 0.3 is 0 Å². The second-order valence-electron chi connectivity index (χ2n) is 6.43. The van der Waals surface area contributed by atoms with E-state index in [1.807, 2.05) is 42.5 Å². The van der Waals surface area contributed by atoms with Crippen molar-refractivity contribution >= 4 is 44.0 Å². The molecule has 1 amide bonds. The van der Waals surface area contributed by atoms with Crippen molar-refractivity contribution in [3.05, 3.63) is 71.8 Å². The SMILES string of the molecule is CS(=O)(=O)N(CC(=O)NCCOc1cccc2ccccc12)c1cccc(Cl)c1. The monoisotopic (exact) mass is 432 g/mol. The summed E-state index contributed by atoms with van der Waals surface area (Å²) >= 11 is 5.94. The number of sulfonamides is 1. The highest BCUT2D eigenvalue weighted by Crippen LogP contribution is 2.25. The van der Waals surface area contributed by atoms with E-state index in [0.29, 0.717) is 10.7 Å². The van der Waals surface area contributed by atoms with Gasteiger partial charge in [0.2, 0.25) is 15.9 Å². The van der Waals surface area contributed by atoms with Gasteiger partial charge in [0.25, 0.3) is 0 Å². The molecule has 0 atom stereocenters. The van der Waals surface area contributed by atoms with E-state index in [2.05, 4.69) is 5.32 Å². The molecule has 0 radical (unpaired) electrons. The number of fused-ring (bicyclic) bond motifs is 1. The van der Waals surface area contributed by atoms with Gasteiger partial charge in [-0.2, -0.15) is 0 Å². The second-order valence-corrected chi connectivity index (χ2v) is 8.77. The lowest BCUT2D eigenvalue weighted by Gasteiger charge is -2.22. The Labute approximate surface area is 175 Å². The minimum absolute atomic E-state index is 0.245. The van der Waals surface area contributed by atoms with Crippen molar-refractivity contribution in [1.82, 2.24) is 5.32 Å². The van der Waals surface area contributed by atoms with Crippen LogP contribution in [0, 0.1) is 0 Å². The van der Waals surface area contributed by atoms with Gasteiger partial charge in [0.05, 0.1) is 18.5 Å². The quantitative estimate of drug-likeness (QED) is 0.553. The zero-order valence-corrected chi connectivity index (χ0v) is 17.4. The van der Waals surface area contributed by atoms with Crippen LogP contribution in [0.15, 0.2) is 66.7 Å². The number of carbonyl (C=O) groups is 1. The standard InChI is InChI=1S/C21H21ClN2O4S/c1-29(26,27)24(18-9-5-8-17(22)14-18)15-21(25)23-12-13-28-20-11-4-7-16-6-2-3-10-19(16)20/h2-11,14H,12-13,15H2,1H3,(H,23,25).